The molecular weight excluding hydrogens is 417 g/mol. The zero-order chi connectivity index (χ0) is 18.8. The normalized spacial score (nSPS) is 15.0. The zero-order valence-corrected chi connectivity index (χ0v) is 16.3. The Kier molecular flexibility index (Phi) is 6.19. The maximum absolute atomic E-state index is 12.8. The molecule has 0 aliphatic heterocycles. The highest BCUT2D eigenvalue weighted by Crippen LogP contribution is 2.33. The molecule has 2 aromatic rings. The summed E-state index contributed by atoms with van der Waals surface area (Å²) in [6.07, 6.45) is -2.82. The Hall–Kier alpha value is -1.09. The van der Waals surface area contributed by atoms with Crippen LogP contribution in [0.25, 0.3) is 0 Å². The number of pyridine rings is 1. The third-order valence-electron chi connectivity index (χ3n) is 3.41. The molecule has 0 saturated heterocycles. The van der Waals surface area contributed by atoms with Gasteiger partial charge < -0.3 is 4.55 Å². The summed E-state index contributed by atoms with van der Waals surface area (Å²) in [6.45, 7) is 5.44. The average molecular weight is 435 g/mol. The van der Waals surface area contributed by atoms with E-state index in [1.54, 1.807) is 18.3 Å². The molecule has 25 heavy (non-hydrogen) atoms. The molecule has 2 rings (SSSR count). The van der Waals surface area contributed by atoms with Crippen molar-refractivity contribution >= 4 is 27.3 Å². The second kappa shape index (κ2) is 7.65. The van der Waals surface area contributed by atoms with Gasteiger partial charge in [-0.15, -0.1) is 4.72 Å². The smallest absolute Gasteiger partial charge is 0.416 e. The second-order valence-electron chi connectivity index (χ2n) is 6.42. The van der Waals surface area contributed by atoms with Gasteiger partial charge in [-0.1, -0.05) is 12.1 Å². The van der Waals surface area contributed by atoms with Crippen LogP contribution in [-0.4, -0.2) is 14.3 Å². The molecule has 0 radical (unpaired) electrons. The molecule has 136 valence electrons. The molecule has 0 aliphatic rings. The van der Waals surface area contributed by atoms with Crippen molar-refractivity contribution in [1.82, 2.24) is 9.71 Å². The van der Waals surface area contributed by atoms with E-state index in [4.69, 9.17) is 0 Å². The molecule has 0 bridgehead atoms. The van der Waals surface area contributed by atoms with Crippen LogP contribution in [0.2, 0.25) is 0 Å². The third-order valence-corrected chi connectivity index (χ3v) is 5.65. The number of halogens is 4. The van der Waals surface area contributed by atoms with E-state index in [2.05, 4.69) is 25.6 Å². The lowest BCUT2D eigenvalue weighted by molar-refractivity contribution is -0.137. The minimum atomic E-state index is -4.40. The molecule has 0 saturated carbocycles. The Morgan fingerprint density at radius 3 is 2.20 bits per heavy atom. The maximum Gasteiger partial charge on any atom is 0.416 e. The van der Waals surface area contributed by atoms with Crippen LogP contribution >= 0.6 is 15.9 Å². The molecular formula is C17H18BrF3N2OS. The van der Waals surface area contributed by atoms with Gasteiger partial charge in [0, 0.05) is 22.0 Å². The van der Waals surface area contributed by atoms with Gasteiger partial charge in [-0.25, -0.2) is 0 Å². The number of hydrogen-bond donors (Lipinski definition) is 1. The Balaban J connectivity index is 2.43. The predicted molar refractivity (Wildman–Crippen MR) is 96.3 cm³/mol. The predicted octanol–water partition coefficient (Wildman–Crippen LogP) is 5.00. The molecule has 0 aliphatic carbocycles. The van der Waals surface area contributed by atoms with Crippen LogP contribution < -0.4 is 4.72 Å². The van der Waals surface area contributed by atoms with Crippen LogP contribution in [0.15, 0.2) is 47.1 Å². The number of aromatic nitrogens is 1. The highest BCUT2D eigenvalue weighted by atomic mass is 79.9. The van der Waals surface area contributed by atoms with Crippen molar-refractivity contribution in [3.8, 4) is 0 Å². The van der Waals surface area contributed by atoms with Crippen LogP contribution in [0.1, 0.15) is 43.6 Å². The van der Waals surface area contributed by atoms with Crippen molar-refractivity contribution in [3.63, 3.8) is 0 Å². The highest BCUT2D eigenvalue weighted by Gasteiger charge is 2.33. The van der Waals surface area contributed by atoms with E-state index in [0.717, 1.165) is 12.1 Å². The van der Waals surface area contributed by atoms with Crippen molar-refractivity contribution < 1.29 is 17.7 Å². The minimum Gasteiger partial charge on any atom is -0.598 e. The van der Waals surface area contributed by atoms with Gasteiger partial charge in [-0.3, -0.25) is 4.98 Å². The van der Waals surface area contributed by atoms with Crippen molar-refractivity contribution in [2.24, 2.45) is 0 Å². The van der Waals surface area contributed by atoms with Crippen molar-refractivity contribution in [2.75, 3.05) is 0 Å². The van der Waals surface area contributed by atoms with Gasteiger partial charge in [-0.05, 0) is 66.5 Å². The second-order valence-corrected chi connectivity index (χ2v) is 9.27. The molecule has 1 aromatic carbocycles. The van der Waals surface area contributed by atoms with Gasteiger partial charge in [0.15, 0.2) is 0 Å². The summed E-state index contributed by atoms with van der Waals surface area (Å²) in [5.41, 5.74) is 0.372. The lowest BCUT2D eigenvalue weighted by atomic mass is 10.0. The van der Waals surface area contributed by atoms with E-state index < -0.39 is 33.9 Å². The van der Waals surface area contributed by atoms with Crippen molar-refractivity contribution in [2.45, 2.75) is 37.7 Å². The summed E-state index contributed by atoms with van der Waals surface area (Å²) in [7, 11) is 0. The number of rotatable bonds is 4. The summed E-state index contributed by atoms with van der Waals surface area (Å²) in [5, 5.41) is 0. The summed E-state index contributed by atoms with van der Waals surface area (Å²) >= 11 is 1.97. The summed E-state index contributed by atoms with van der Waals surface area (Å²) < 4.78 is 54.0. The quantitative estimate of drug-likeness (QED) is 0.688. The van der Waals surface area contributed by atoms with Gasteiger partial charge >= 0.3 is 6.18 Å². The molecule has 1 aromatic heterocycles. The molecule has 0 amide bonds. The van der Waals surface area contributed by atoms with Crippen LogP contribution in [0.4, 0.5) is 13.2 Å². The van der Waals surface area contributed by atoms with Crippen molar-refractivity contribution in [3.05, 3.63) is 63.9 Å². The van der Waals surface area contributed by atoms with E-state index in [1.807, 2.05) is 20.8 Å². The third kappa shape index (κ3) is 5.20. The van der Waals surface area contributed by atoms with E-state index in [1.165, 1.54) is 12.1 Å². The molecule has 2 atom stereocenters. The first-order valence-corrected chi connectivity index (χ1v) is 9.40. The zero-order valence-electron chi connectivity index (χ0n) is 13.9. The van der Waals surface area contributed by atoms with E-state index >= 15 is 0 Å². The Morgan fingerprint density at radius 1 is 1.12 bits per heavy atom. The fourth-order valence-electron chi connectivity index (χ4n) is 2.04. The molecule has 1 heterocycles. The van der Waals surface area contributed by atoms with Crippen LogP contribution in [0, 0.1) is 0 Å². The summed E-state index contributed by atoms with van der Waals surface area (Å²) in [6, 6.07) is 7.68. The van der Waals surface area contributed by atoms with Gasteiger partial charge in [-0.2, -0.15) is 13.2 Å². The first-order valence-electron chi connectivity index (χ1n) is 7.46. The topological polar surface area (TPSA) is 48.0 Å². The Bertz CT molecular complexity index is 717. The van der Waals surface area contributed by atoms with Crippen LogP contribution in [-0.2, 0) is 17.5 Å². The average Bonchev–Trinajstić information content (AvgIpc) is 2.51. The number of alkyl halides is 3. The van der Waals surface area contributed by atoms with Gasteiger partial charge in [0.25, 0.3) is 0 Å². The summed E-state index contributed by atoms with van der Waals surface area (Å²) in [5.74, 6) is 0. The lowest BCUT2D eigenvalue weighted by Gasteiger charge is -2.28. The van der Waals surface area contributed by atoms with E-state index in [9.17, 15) is 17.7 Å². The number of nitrogens with one attached hydrogen (secondary N) is 1. The van der Waals surface area contributed by atoms with Gasteiger partial charge in [0.05, 0.1) is 11.3 Å². The monoisotopic (exact) mass is 434 g/mol. The summed E-state index contributed by atoms with van der Waals surface area (Å²) in [4.78, 5) is 4.30. The van der Waals surface area contributed by atoms with E-state index in [0.29, 0.717) is 15.7 Å². The Labute approximate surface area is 156 Å². The van der Waals surface area contributed by atoms with Crippen LogP contribution in [0.3, 0.4) is 0 Å². The molecule has 8 heteroatoms. The standard InChI is InChI=1S/C17H18BrF3N2OS/c1-16(2,3)25(24)23-14(15-13(18)5-4-10-22-15)11-6-8-12(9-7-11)17(19,20)21/h4-10,14,23H,1-3H3/t14?,25-/m0/s1. The molecule has 0 spiro atoms. The fraction of sp³-hybridized carbons (Fsp3) is 0.353. The lowest BCUT2D eigenvalue weighted by Crippen LogP contribution is -2.41. The fourth-order valence-corrected chi connectivity index (χ4v) is 3.34. The molecule has 0 fully saturated rings. The largest absolute Gasteiger partial charge is 0.598 e. The first kappa shape index (κ1) is 20.2. The number of nitrogens with zero attached hydrogens (tertiary/aromatic N) is 1. The van der Waals surface area contributed by atoms with Gasteiger partial charge in [0.1, 0.15) is 10.8 Å². The molecule has 1 N–H and O–H groups in total. The van der Waals surface area contributed by atoms with Gasteiger partial charge in [0.2, 0.25) is 0 Å². The van der Waals surface area contributed by atoms with Crippen molar-refractivity contribution in [1.29, 1.82) is 0 Å². The number of hydrogen-bond acceptors (Lipinski definition) is 3. The maximum atomic E-state index is 12.8. The molecule has 3 nitrogen and oxygen atoms in total. The molecule has 1 unspecified atom stereocenters. The highest BCUT2D eigenvalue weighted by molar-refractivity contribution is 9.10. The first-order chi connectivity index (χ1) is 11.5. The minimum absolute atomic E-state index is 0.536. The Morgan fingerprint density at radius 2 is 1.72 bits per heavy atom. The number of benzene rings is 1. The van der Waals surface area contributed by atoms with Crippen LogP contribution in [0.5, 0.6) is 0 Å². The van der Waals surface area contributed by atoms with E-state index in [-0.39, 0.29) is 0 Å². The SMILES string of the molecule is CC(C)(C)[S@+]([O-])NC(c1ccc(C(F)(F)F)cc1)c1ncccc1Br.